The second-order valence-electron chi connectivity index (χ2n) is 24.2. The maximum Gasteiger partial charge on any atom is 0.161 e. The van der Waals surface area contributed by atoms with Gasteiger partial charge in [-0.3, -0.25) is 0 Å². The third-order valence-corrected chi connectivity index (χ3v) is 21.3. The first-order valence-corrected chi connectivity index (χ1v) is 33.5. The summed E-state index contributed by atoms with van der Waals surface area (Å²) in [5, 5.41) is 9.75. The highest BCUT2D eigenvalue weighted by Gasteiger charge is 2.23. The zero-order valence-corrected chi connectivity index (χ0v) is 52.3. The normalized spacial score (nSPS) is 11.8. The number of hydrogen-bond donors (Lipinski definition) is 0. The smallest absolute Gasteiger partial charge is 0.161 e. The summed E-state index contributed by atoms with van der Waals surface area (Å²) in [7, 11) is 0. The van der Waals surface area contributed by atoms with Crippen LogP contribution >= 0.6 is 22.7 Å². The van der Waals surface area contributed by atoms with Gasteiger partial charge in [0, 0.05) is 73.3 Å². The average molecular weight is 1240 g/mol. The van der Waals surface area contributed by atoms with Crippen LogP contribution in [0.25, 0.3) is 184 Å². The predicted molar refractivity (Wildman–Crippen MR) is 400 cm³/mol. The van der Waals surface area contributed by atoms with Crippen molar-refractivity contribution in [1.82, 2.24) is 9.13 Å². The van der Waals surface area contributed by atoms with E-state index in [1.807, 2.05) is 22.7 Å². The molecule has 0 aliphatic rings. The Bertz CT molecular complexity index is 6310. The number of benzene rings is 14. The van der Waals surface area contributed by atoms with Crippen LogP contribution in [0.5, 0.6) is 0 Å². The minimum Gasteiger partial charge on any atom is -0.454 e. The summed E-state index contributed by atoms with van der Waals surface area (Å²) in [5.74, 6) is 0. The van der Waals surface area contributed by atoms with E-state index in [0.717, 1.165) is 88.4 Å². The van der Waals surface area contributed by atoms with E-state index in [4.69, 9.17) is 8.83 Å². The van der Waals surface area contributed by atoms with Gasteiger partial charge in [0.1, 0.15) is 22.2 Å². The number of hydrogen-bond acceptors (Lipinski definition) is 4. The summed E-state index contributed by atoms with van der Waals surface area (Å²) in [6, 6.07) is 118. The summed E-state index contributed by atoms with van der Waals surface area (Å²) in [5.41, 5.74) is 25.1. The number of rotatable bonds is 8. The standard InChI is InChI=1S/2C44H27NOS/c1-3-11-29(12-4-1)33-16-9-18-35-36-19-10-17-34(44(36)47-43(33)35)30-23-21-28(22-24-30)31-25-26-38-40(27-31)46-42-37-15-7-8-20-39(37)45(41(38)42)32-13-5-2-6-14-32;1-3-9-28(10-4-1)32-19-22-35-36-23-20-33(27-42(36)47-41(35)26-32)30-17-15-29(16-18-30)31-21-24-38-40(25-31)46-44-37-13-7-8-14-39(37)45(43(38)44)34-11-5-2-6-12-34/h2*1-27H. The van der Waals surface area contributed by atoms with Crippen molar-refractivity contribution in [3.63, 3.8) is 0 Å². The first-order valence-electron chi connectivity index (χ1n) is 31.9. The molecule has 0 spiro atoms. The van der Waals surface area contributed by atoms with Crippen LogP contribution in [0.1, 0.15) is 0 Å². The fraction of sp³-hybridized carbons (Fsp3) is 0. The molecule has 0 atom stereocenters. The average Bonchev–Trinajstić information content (AvgIpc) is 1.58. The maximum absolute atomic E-state index is 6.62. The van der Waals surface area contributed by atoms with E-state index in [0.29, 0.717) is 0 Å². The van der Waals surface area contributed by atoms with Gasteiger partial charge < -0.3 is 18.0 Å². The molecule has 0 fully saturated rings. The van der Waals surface area contributed by atoms with Crippen LogP contribution in [-0.2, 0) is 0 Å². The molecule has 0 aliphatic heterocycles. The number of para-hydroxylation sites is 4. The molecule has 6 aromatic heterocycles. The molecule has 20 aromatic rings. The third kappa shape index (κ3) is 8.87. The third-order valence-electron chi connectivity index (χ3n) is 18.9. The molecule has 0 aliphatic carbocycles. The number of fused-ring (bicyclic) bond motifs is 16. The molecule has 0 N–H and O–H groups in total. The van der Waals surface area contributed by atoms with Crippen molar-refractivity contribution in [1.29, 1.82) is 0 Å². The summed E-state index contributed by atoms with van der Waals surface area (Å²) in [6.07, 6.45) is 0. The van der Waals surface area contributed by atoms with Gasteiger partial charge in [0.2, 0.25) is 0 Å². The van der Waals surface area contributed by atoms with Crippen LogP contribution in [-0.4, -0.2) is 9.13 Å². The van der Waals surface area contributed by atoms with Crippen molar-refractivity contribution in [2.45, 2.75) is 0 Å². The van der Waals surface area contributed by atoms with E-state index in [-0.39, 0.29) is 0 Å². The Morgan fingerprint density at radius 3 is 1.00 bits per heavy atom. The number of aromatic nitrogens is 2. The molecule has 0 saturated carbocycles. The summed E-state index contributed by atoms with van der Waals surface area (Å²) in [4.78, 5) is 0. The lowest BCUT2D eigenvalue weighted by Crippen LogP contribution is -1.92. The Balaban J connectivity index is 0.000000133. The summed E-state index contributed by atoms with van der Waals surface area (Å²) >= 11 is 3.77. The molecule has 0 bridgehead atoms. The van der Waals surface area contributed by atoms with Gasteiger partial charge >= 0.3 is 0 Å². The zero-order chi connectivity index (χ0) is 61.8. The molecule has 20 rings (SSSR count). The molecular weight excluding hydrogens is 1180 g/mol. The van der Waals surface area contributed by atoms with Gasteiger partial charge in [-0.25, -0.2) is 0 Å². The van der Waals surface area contributed by atoms with E-state index < -0.39 is 0 Å². The highest BCUT2D eigenvalue weighted by molar-refractivity contribution is 7.27. The van der Waals surface area contributed by atoms with Crippen LogP contribution < -0.4 is 0 Å². The minimum atomic E-state index is 0.899. The topological polar surface area (TPSA) is 36.1 Å². The van der Waals surface area contributed by atoms with E-state index in [9.17, 15) is 0 Å². The SMILES string of the molecule is c1ccc(-c2ccc3c(c2)sc2cc(-c4ccc(-c5ccc6c(c5)oc5c7ccccc7n(-c7ccccc7)c65)cc4)ccc23)cc1.c1ccc(-c2cccc3c2sc2c(-c4ccc(-c5ccc6c(c5)oc5c7ccccc7n(-c7ccccc7)c65)cc4)cccc23)cc1. The van der Waals surface area contributed by atoms with Crippen LogP contribution in [0.3, 0.4) is 0 Å². The molecule has 6 heteroatoms. The number of nitrogens with zero attached hydrogens (tertiary/aromatic N) is 2. The zero-order valence-electron chi connectivity index (χ0n) is 50.7. The van der Waals surface area contributed by atoms with Gasteiger partial charge in [-0.2, -0.15) is 0 Å². The molecule has 0 amide bonds. The van der Waals surface area contributed by atoms with Gasteiger partial charge in [-0.1, -0.05) is 243 Å². The molecular formula is C88H54N2O2S2. The summed E-state index contributed by atoms with van der Waals surface area (Å²) in [6.45, 7) is 0. The maximum atomic E-state index is 6.62. The minimum absolute atomic E-state index is 0.899. The Morgan fingerprint density at radius 2 is 0.553 bits per heavy atom. The molecule has 4 nitrogen and oxygen atoms in total. The molecule has 14 aromatic carbocycles. The lowest BCUT2D eigenvalue weighted by atomic mass is 9.98. The van der Waals surface area contributed by atoms with E-state index >= 15 is 0 Å². The second kappa shape index (κ2) is 22.0. The fourth-order valence-corrected chi connectivity index (χ4v) is 16.9. The Kier molecular flexibility index (Phi) is 12.6. The molecule has 0 unspecified atom stereocenters. The molecule has 0 saturated heterocycles. The van der Waals surface area contributed by atoms with Gasteiger partial charge in [-0.15, -0.1) is 22.7 Å². The second-order valence-corrected chi connectivity index (χ2v) is 26.3. The van der Waals surface area contributed by atoms with E-state index in [2.05, 4.69) is 337 Å². The first-order chi connectivity index (χ1) is 46.6. The van der Waals surface area contributed by atoms with E-state index in [1.165, 1.54) is 96.0 Å². The van der Waals surface area contributed by atoms with Crippen LogP contribution in [0.4, 0.5) is 0 Å². The monoisotopic (exact) mass is 1230 g/mol. The Morgan fingerprint density at radius 1 is 0.223 bits per heavy atom. The molecule has 0 radical (unpaired) electrons. The molecule has 440 valence electrons. The van der Waals surface area contributed by atoms with Gasteiger partial charge in [0.15, 0.2) is 11.2 Å². The van der Waals surface area contributed by atoms with Crippen molar-refractivity contribution >= 4 is 129 Å². The largest absolute Gasteiger partial charge is 0.454 e. The summed E-state index contributed by atoms with van der Waals surface area (Å²) < 4.78 is 23.2. The number of thiophene rings is 2. The highest BCUT2D eigenvalue weighted by atomic mass is 32.1. The first kappa shape index (κ1) is 54.0. The van der Waals surface area contributed by atoms with Crippen LogP contribution in [0.15, 0.2) is 336 Å². The van der Waals surface area contributed by atoms with E-state index in [1.54, 1.807) is 0 Å². The van der Waals surface area contributed by atoms with Crippen molar-refractivity contribution < 1.29 is 8.83 Å². The predicted octanol–water partition coefficient (Wildman–Crippen LogP) is 25.8. The lowest BCUT2D eigenvalue weighted by molar-refractivity contribution is 0.672. The molecule has 94 heavy (non-hydrogen) atoms. The van der Waals surface area contributed by atoms with Crippen LogP contribution in [0.2, 0.25) is 0 Å². The van der Waals surface area contributed by atoms with Crippen LogP contribution in [0, 0.1) is 0 Å². The van der Waals surface area contributed by atoms with Gasteiger partial charge in [-0.05, 0) is 152 Å². The van der Waals surface area contributed by atoms with Crippen molar-refractivity contribution in [3.05, 3.63) is 328 Å². The quantitative estimate of drug-likeness (QED) is 0.152. The number of furan rings is 2. The Labute approximate surface area is 548 Å². The lowest BCUT2D eigenvalue weighted by Gasteiger charge is -2.08. The fourth-order valence-electron chi connectivity index (χ4n) is 14.3. The molecule has 6 heterocycles. The van der Waals surface area contributed by atoms with Crippen molar-refractivity contribution in [2.24, 2.45) is 0 Å². The van der Waals surface area contributed by atoms with Crippen molar-refractivity contribution in [2.75, 3.05) is 0 Å². The van der Waals surface area contributed by atoms with Crippen molar-refractivity contribution in [3.8, 4) is 78.1 Å². The van der Waals surface area contributed by atoms with Gasteiger partial charge in [0.05, 0.1) is 11.0 Å². The Hall–Kier alpha value is -11.8. The highest BCUT2D eigenvalue weighted by Crippen LogP contribution is 2.47. The van der Waals surface area contributed by atoms with Gasteiger partial charge in [0.25, 0.3) is 0 Å².